The number of hydrogen-bond acceptors (Lipinski definition) is 6. The summed E-state index contributed by atoms with van der Waals surface area (Å²) in [6, 6.07) is 6.66. The highest BCUT2D eigenvalue weighted by Crippen LogP contribution is 2.19. The lowest BCUT2D eigenvalue weighted by Gasteiger charge is -2.26. The molecule has 0 saturated carbocycles. The number of carbonyl (C=O) groups excluding carboxylic acids is 1. The molecule has 0 bridgehead atoms. The van der Waals surface area contributed by atoms with Crippen molar-refractivity contribution in [3.05, 3.63) is 24.3 Å². The Labute approximate surface area is 160 Å². The number of likely N-dealkylation sites (N-methyl/N-ethyl adjacent to an activating group) is 1. The highest BCUT2D eigenvalue weighted by Gasteiger charge is 2.22. The number of carbonyl (C=O) groups is 1. The number of nitrogens with zero attached hydrogens (tertiary/aromatic N) is 2. The maximum Gasteiger partial charge on any atom is 0.243 e. The molecule has 2 rings (SSSR count). The van der Waals surface area contributed by atoms with Crippen LogP contribution in [0.5, 0.6) is 0 Å². The molecule has 1 amide bonds. The molecule has 1 saturated heterocycles. The summed E-state index contributed by atoms with van der Waals surface area (Å²) in [5.41, 5.74) is 0. The smallest absolute Gasteiger partial charge is 0.243 e. The van der Waals surface area contributed by atoms with Crippen molar-refractivity contribution < 1.29 is 17.9 Å². The first-order valence-electron chi connectivity index (χ1n) is 8.60. The molecule has 1 aliphatic rings. The van der Waals surface area contributed by atoms with Gasteiger partial charge in [-0.15, -0.1) is 11.8 Å². The quantitative estimate of drug-likeness (QED) is 0.489. The second-order valence-corrected chi connectivity index (χ2v) is 9.02. The molecule has 146 valence electrons. The molecule has 26 heavy (non-hydrogen) atoms. The normalized spacial score (nSPS) is 16.0. The van der Waals surface area contributed by atoms with E-state index in [4.69, 9.17) is 4.74 Å². The van der Waals surface area contributed by atoms with Gasteiger partial charge in [-0.25, -0.2) is 8.42 Å². The van der Waals surface area contributed by atoms with E-state index in [1.165, 1.54) is 7.05 Å². The molecule has 0 spiro atoms. The van der Waals surface area contributed by atoms with E-state index in [1.54, 1.807) is 36.0 Å². The van der Waals surface area contributed by atoms with Gasteiger partial charge in [0.2, 0.25) is 15.9 Å². The predicted molar refractivity (Wildman–Crippen MR) is 103 cm³/mol. The maximum atomic E-state index is 12.5. The summed E-state index contributed by atoms with van der Waals surface area (Å²) in [5, 5.41) is 2.79. The Bertz CT molecular complexity index is 674. The Morgan fingerprint density at radius 2 is 1.92 bits per heavy atom. The molecular formula is C17H27N3O4S2. The van der Waals surface area contributed by atoms with Crippen LogP contribution >= 0.6 is 11.8 Å². The third-order valence-electron chi connectivity index (χ3n) is 4.21. The van der Waals surface area contributed by atoms with Crippen molar-refractivity contribution in [3.8, 4) is 0 Å². The van der Waals surface area contributed by atoms with Crippen molar-refractivity contribution in [2.24, 2.45) is 0 Å². The Hall–Kier alpha value is -1.13. The van der Waals surface area contributed by atoms with Crippen LogP contribution in [0.3, 0.4) is 0 Å². The molecule has 1 heterocycles. The van der Waals surface area contributed by atoms with Crippen LogP contribution in [0.2, 0.25) is 0 Å². The minimum atomic E-state index is -3.67. The van der Waals surface area contributed by atoms with E-state index in [9.17, 15) is 13.2 Å². The van der Waals surface area contributed by atoms with Gasteiger partial charge in [0.1, 0.15) is 0 Å². The van der Waals surface area contributed by atoms with Crippen LogP contribution in [-0.4, -0.2) is 82.8 Å². The van der Waals surface area contributed by atoms with Gasteiger partial charge in [0.25, 0.3) is 0 Å². The van der Waals surface area contributed by atoms with Crippen LogP contribution in [0.4, 0.5) is 0 Å². The molecule has 0 unspecified atom stereocenters. The molecule has 0 aromatic heterocycles. The van der Waals surface area contributed by atoms with Crippen LogP contribution in [0.15, 0.2) is 34.1 Å². The zero-order valence-electron chi connectivity index (χ0n) is 15.3. The average Bonchev–Trinajstić information content (AvgIpc) is 2.66. The van der Waals surface area contributed by atoms with Crippen LogP contribution in [-0.2, 0) is 19.6 Å². The van der Waals surface area contributed by atoms with Crippen LogP contribution in [0.25, 0.3) is 0 Å². The minimum Gasteiger partial charge on any atom is -0.379 e. The highest BCUT2D eigenvalue weighted by atomic mass is 32.2. The number of nitrogens with one attached hydrogen (secondary N) is 1. The molecule has 0 radical (unpaired) electrons. The Balaban J connectivity index is 1.75. The summed E-state index contributed by atoms with van der Waals surface area (Å²) in [4.78, 5) is 15.5. The lowest BCUT2D eigenvalue weighted by Crippen LogP contribution is -2.40. The van der Waals surface area contributed by atoms with Crippen molar-refractivity contribution in [1.82, 2.24) is 14.5 Å². The summed E-state index contributed by atoms with van der Waals surface area (Å²) < 4.78 is 31.4. The molecule has 0 aliphatic carbocycles. The van der Waals surface area contributed by atoms with Gasteiger partial charge >= 0.3 is 0 Å². The van der Waals surface area contributed by atoms with E-state index < -0.39 is 10.0 Å². The van der Waals surface area contributed by atoms with Gasteiger partial charge < -0.3 is 10.1 Å². The number of rotatable bonds is 9. The first kappa shape index (κ1) is 21.2. The third-order valence-corrected chi connectivity index (χ3v) is 6.77. The second-order valence-electron chi connectivity index (χ2n) is 6.09. The number of benzene rings is 1. The fourth-order valence-corrected chi connectivity index (χ4v) is 4.16. The van der Waals surface area contributed by atoms with Crippen LogP contribution in [0.1, 0.15) is 6.42 Å². The Morgan fingerprint density at radius 1 is 1.27 bits per heavy atom. The summed E-state index contributed by atoms with van der Waals surface area (Å²) in [5.74, 6) is -0.293. The van der Waals surface area contributed by atoms with Crippen molar-refractivity contribution in [2.75, 3.05) is 59.2 Å². The van der Waals surface area contributed by atoms with Crippen molar-refractivity contribution >= 4 is 27.7 Å². The fraction of sp³-hybridized carbons (Fsp3) is 0.588. The van der Waals surface area contributed by atoms with Gasteiger partial charge in [-0.1, -0.05) is 0 Å². The standard InChI is InChI=1S/C17H27N3O4S2/c1-19(26(22,23)16-6-4-15(25-2)5-7-16)14-17(21)18-8-3-9-20-10-12-24-13-11-20/h4-7H,3,8-14H2,1-2H3,(H,18,21). The minimum absolute atomic E-state index is 0.190. The van der Waals surface area contributed by atoms with E-state index in [0.29, 0.717) is 6.54 Å². The Kier molecular flexibility index (Phi) is 8.36. The Morgan fingerprint density at radius 3 is 2.54 bits per heavy atom. The van der Waals surface area contributed by atoms with Crippen molar-refractivity contribution in [3.63, 3.8) is 0 Å². The SMILES string of the molecule is CSc1ccc(S(=O)(=O)N(C)CC(=O)NCCCN2CCOCC2)cc1. The first-order chi connectivity index (χ1) is 12.4. The van der Waals surface area contributed by atoms with Crippen LogP contribution < -0.4 is 5.32 Å². The first-order valence-corrected chi connectivity index (χ1v) is 11.3. The van der Waals surface area contributed by atoms with Crippen molar-refractivity contribution in [1.29, 1.82) is 0 Å². The van der Waals surface area contributed by atoms with E-state index in [2.05, 4.69) is 10.2 Å². The van der Waals surface area contributed by atoms with E-state index >= 15 is 0 Å². The average molecular weight is 402 g/mol. The molecule has 1 fully saturated rings. The van der Waals surface area contributed by atoms with Gasteiger partial charge in [-0.05, 0) is 43.5 Å². The molecule has 0 atom stereocenters. The molecular weight excluding hydrogens is 374 g/mol. The molecule has 7 nitrogen and oxygen atoms in total. The zero-order chi connectivity index (χ0) is 19.0. The number of thioether (sulfide) groups is 1. The summed E-state index contributed by atoms with van der Waals surface area (Å²) in [7, 11) is -2.24. The second kappa shape index (κ2) is 10.3. The topological polar surface area (TPSA) is 79.0 Å². The molecule has 9 heteroatoms. The molecule has 1 N–H and O–H groups in total. The van der Waals surface area contributed by atoms with Gasteiger partial charge in [0, 0.05) is 31.6 Å². The number of hydrogen-bond donors (Lipinski definition) is 1. The summed E-state index contributed by atoms with van der Waals surface area (Å²) in [6.45, 7) is 4.60. The zero-order valence-corrected chi connectivity index (χ0v) is 16.9. The van der Waals surface area contributed by atoms with Gasteiger partial charge in [0.05, 0.1) is 24.7 Å². The maximum absolute atomic E-state index is 12.5. The summed E-state index contributed by atoms with van der Waals surface area (Å²) >= 11 is 1.55. The van der Waals surface area contributed by atoms with Gasteiger partial charge in [-0.2, -0.15) is 4.31 Å². The highest BCUT2D eigenvalue weighted by molar-refractivity contribution is 7.98. The lowest BCUT2D eigenvalue weighted by molar-refractivity contribution is -0.121. The number of sulfonamides is 1. The molecule has 1 aromatic carbocycles. The summed E-state index contributed by atoms with van der Waals surface area (Å²) in [6.07, 6.45) is 2.76. The van der Waals surface area contributed by atoms with Crippen LogP contribution in [0, 0.1) is 0 Å². The van der Waals surface area contributed by atoms with Gasteiger partial charge in [-0.3, -0.25) is 9.69 Å². The number of morpholine rings is 1. The van der Waals surface area contributed by atoms with Crippen molar-refractivity contribution in [2.45, 2.75) is 16.2 Å². The van der Waals surface area contributed by atoms with E-state index in [-0.39, 0.29) is 17.3 Å². The molecule has 1 aromatic rings. The van der Waals surface area contributed by atoms with Gasteiger partial charge in [0.15, 0.2) is 0 Å². The van der Waals surface area contributed by atoms with E-state index in [1.807, 2.05) is 6.26 Å². The fourth-order valence-electron chi connectivity index (χ4n) is 2.63. The predicted octanol–water partition coefficient (Wildman–Crippen LogP) is 0.868. The lowest BCUT2D eigenvalue weighted by atomic mass is 10.3. The third kappa shape index (κ3) is 6.24. The number of ether oxygens (including phenoxy) is 1. The largest absolute Gasteiger partial charge is 0.379 e. The number of amides is 1. The molecule has 1 aliphatic heterocycles. The monoisotopic (exact) mass is 401 g/mol. The van der Waals surface area contributed by atoms with E-state index in [0.717, 1.165) is 48.5 Å².